The van der Waals surface area contributed by atoms with Crippen molar-refractivity contribution in [2.75, 3.05) is 13.2 Å². The van der Waals surface area contributed by atoms with Gasteiger partial charge in [0, 0.05) is 10.9 Å². The molecule has 1 aromatic heterocycles. The molecule has 0 atom stereocenters. The molecule has 0 aliphatic heterocycles. The summed E-state index contributed by atoms with van der Waals surface area (Å²) in [5.74, 6) is 0.117. The number of nitrogens with one attached hydrogen (secondary N) is 1. The Morgan fingerprint density at radius 1 is 1.25 bits per heavy atom. The lowest BCUT2D eigenvalue weighted by Crippen LogP contribution is -2.17. The van der Waals surface area contributed by atoms with Gasteiger partial charge < -0.3 is 14.5 Å². The van der Waals surface area contributed by atoms with Gasteiger partial charge in [0.1, 0.15) is 11.4 Å². The Bertz CT molecular complexity index is 703. The molecule has 1 heterocycles. The van der Waals surface area contributed by atoms with E-state index in [0.717, 1.165) is 0 Å². The summed E-state index contributed by atoms with van der Waals surface area (Å²) in [6.45, 7) is 6.01. The van der Waals surface area contributed by atoms with E-state index >= 15 is 0 Å². The lowest BCUT2D eigenvalue weighted by Gasteiger charge is -2.09. The number of fused-ring (bicyclic) bond motifs is 1. The molecule has 5 heteroatoms. The van der Waals surface area contributed by atoms with E-state index in [4.69, 9.17) is 9.47 Å². The molecule has 0 unspecified atom stereocenters. The quantitative estimate of drug-likeness (QED) is 0.870. The molecule has 1 aromatic carbocycles. The van der Waals surface area contributed by atoms with Gasteiger partial charge in [0.25, 0.3) is 0 Å². The molecule has 0 fully saturated rings. The van der Waals surface area contributed by atoms with Crippen LogP contribution in [0, 0.1) is 6.92 Å². The van der Waals surface area contributed by atoms with E-state index in [0.29, 0.717) is 28.8 Å². The van der Waals surface area contributed by atoms with Crippen molar-refractivity contribution >= 4 is 16.9 Å². The van der Waals surface area contributed by atoms with Crippen LogP contribution in [0.4, 0.5) is 0 Å². The number of hydrogen-bond donors (Lipinski definition) is 1. The summed E-state index contributed by atoms with van der Waals surface area (Å²) in [5, 5.41) is 0.501. The van der Waals surface area contributed by atoms with Crippen LogP contribution in [0.3, 0.4) is 0 Å². The number of carbonyl (C=O) groups is 1. The van der Waals surface area contributed by atoms with Crippen LogP contribution in [0.5, 0.6) is 5.75 Å². The van der Waals surface area contributed by atoms with Crippen molar-refractivity contribution in [2.24, 2.45) is 0 Å². The maximum atomic E-state index is 12.3. The molecule has 0 spiro atoms. The number of hydrogen-bond acceptors (Lipinski definition) is 4. The first-order chi connectivity index (χ1) is 9.58. The van der Waals surface area contributed by atoms with Crippen LogP contribution in [0.1, 0.15) is 29.9 Å². The van der Waals surface area contributed by atoms with Crippen molar-refractivity contribution in [3.8, 4) is 5.75 Å². The van der Waals surface area contributed by atoms with Crippen LogP contribution in [-0.2, 0) is 4.74 Å². The van der Waals surface area contributed by atoms with Gasteiger partial charge in [-0.1, -0.05) is 0 Å². The van der Waals surface area contributed by atoms with Gasteiger partial charge in [0.15, 0.2) is 5.43 Å². The van der Waals surface area contributed by atoms with E-state index in [1.807, 2.05) is 6.92 Å². The van der Waals surface area contributed by atoms with Crippen molar-refractivity contribution in [1.82, 2.24) is 4.98 Å². The van der Waals surface area contributed by atoms with Crippen LogP contribution >= 0.6 is 0 Å². The van der Waals surface area contributed by atoms with Crippen LogP contribution in [0.2, 0.25) is 0 Å². The minimum absolute atomic E-state index is 0.191. The van der Waals surface area contributed by atoms with E-state index in [2.05, 4.69) is 4.98 Å². The second-order valence-electron chi connectivity index (χ2n) is 4.31. The van der Waals surface area contributed by atoms with Crippen LogP contribution in [-0.4, -0.2) is 24.2 Å². The molecule has 106 valence electrons. The van der Waals surface area contributed by atoms with Crippen molar-refractivity contribution in [2.45, 2.75) is 20.8 Å². The average molecular weight is 275 g/mol. The number of pyridine rings is 1. The molecule has 0 saturated carbocycles. The highest BCUT2D eigenvalue weighted by Crippen LogP contribution is 2.19. The lowest BCUT2D eigenvalue weighted by molar-refractivity contribution is 0.0519. The minimum Gasteiger partial charge on any atom is -0.494 e. The van der Waals surface area contributed by atoms with Crippen LogP contribution in [0.25, 0.3) is 10.9 Å². The maximum Gasteiger partial charge on any atom is 0.355 e. The SMILES string of the molecule is CCOC(=O)c1[nH]c2ccc(OCC)cc2c(=O)c1C. The highest BCUT2D eigenvalue weighted by molar-refractivity contribution is 5.93. The largest absolute Gasteiger partial charge is 0.494 e. The summed E-state index contributed by atoms with van der Waals surface area (Å²) in [6.07, 6.45) is 0. The van der Waals surface area contributed by atoms with Gasteiger partial charge in [0.2, 0.25) is 0 Å². The summed E-state index contributed by atoms with van der Waals surface area (Å²) in [7, 11) is 0. The number of ether oxygens (including phenoxy) is 2. The zero-order chi connectivity index (χ0) is 14.7. The Hall–Kier alpha value is -2.30. The first kappa shape index (κ1) is 14.1. The predicted molar refractivity (Wildman–Crippen MR) is 76.4 cm³/mol. The molecule has 0 aliphatic carbocycles. The molecule has 0 radical (unpaired) electrons. The second-order valence-corrected chi connectivity index (χ2v) is 4.31. The smallest absolute Gasteiger partial charge is 0.355 e. The van der Waals surface area contributed by atoms with E-state index in [-0.39, 0.29) is 17.7 Å². The number of H-pyrrole nitrogens is 1. The molecule has 0 amide bonds. The Balaban J connectivity index is 2.61. The fourth-order valence-electron chi connectivity index (χ4n) is 2.03. The summed E-state index contributed by atoms with van der Waals surface area (Å²) in [5.41, 5.74) is 0.952. The lowest BCUT2D eigenvalue weighted by atomic mass is 10.1. The highest BCUT2D eigenvalue weighted by Gasteiger charge is 2.16. The predicted octanol–water partition coefficient (Wildman–Crippen LogP) is 2.41. The average Bonchev–Trinajstić information content (AvgIpc) is 2.44. The number of aromatic nitrogens is 1. The second kappa shape index (κ2) is 5.77. The first-order valence-electron chi connectivity index (χ1n) is 6.55. The first-order valence-corrected chi connectivity index (χ1v) is 6.55. The summed E-state index contributed by atoms with van der Waals surface area (Å²) in [6, 6.07) is 5.16. The third-order valence-corrected chi connectivity index (χ3v) is 3.00. The van der Waals surface area contributed by atoms with Gasteiger partial charge in [-0.2, -0.15) is 0 Å². The molecule has 2 aromatic rings. The molecule has 1 N–H and O–H groups in total. The van der Waals surface area contributed by atoms with Gasteiger partial charge in [-0.3, -0.25) is 4.79 Å². The van der Waals surface area contributed by atoms with Gasteiger partial charge >= 0.3 is 5.97 Å². The van der Waals surface area contributed by atoms with E-state index in [1.54, 1.807) is 32.0 Å². The van der Waals surface area contributed by atoms with Crippen molar-refractivity contribution in [3.05, 3.63) is 39.7 Å². The van der Waals surface area contributed by atoms with Crippen molar-refractivity contribution < 1.29 is 14.3 Å². The third-order valence-electron chi connectivity index (χ3n) is 3.00. The van der Waals surface area contributed by atoms with Gasteiger partial charge in [-0.15, -0.1) is 0 Å². The third kappa shape index (κ3) is 2.52. The Labute approximate surface area is 116 Å². The number of esters is 1. The topological polar surface area (TPSA) is 68.4 Å². The van der Waals surface area contributed by atoms with Gasteiger partial charge in [-0.25, -0.2) is 4.79 Å². The molecule has 0 saturated heterocycles. The Kier molecular flexibility index (Phi) is 4.08. The van der Waals surface area contributed by atoms with E-state index in [1.165, 1.54) is 0 Å². The monoisotopic (exact) mass is 275 g/mol. The number of carbonyl (C=O) groups excluding carboxylic acids is 1. The Morgan fingerprint density at radius 2 is 2.00 bits per heavy atom. The van der Waals surface area contributed by atoms with Crippen molar-refractivity contribution in [3.63, 3.8) is 0 Å². The molecule has 0 aliphatic rings. The number of aromatic amines is 1. The highest BCUT2D eigenvalue weighted by atomic mass is 16.5. The number of rotatable bonds is 4. The Morgan fingerprint density at radius 3 is 2.65 bits per heavy atom. The van der Waals surface area contributed by atoms with Gasteiger partial charge in [0.05, 0.1) is 18.7 Å². The van der Waals surface area contributed by atoms with Crippen molar-refractivity contribution in [1.29, 1.82) is 0 Å². The normalized spacial score (nSPS) is 10.6. The zero-order valence-corrected chi connectivity index (χ0v) is 11.8. The maximum absolute atomic E-state index is 12.3. The van der Waals surface area contributed by atoms with E-state index in [9.17, 15) is 9.59 Å². The molecule has 5 nitrogen and oxygen atoms in total. The number of benzene rings is 1. The summed E-state index contributed by atoms with van der Waals surface area (Å²) < 4.78 is 10.3. The molecule has 20 heavy (non-hydrogen) atoms. The van der Waals surface area contributed by atoms with Gasteiger partial charge in [-0.05, 0) is 39.0 Å². The summed E-state index contributed by atoms with van der Waals surface area (Å²) >= 11 is 0. The van der Waals surface area contributed by atoms with Crippen LogP contribution < -0.4 is 10.2 Å². The zero-order valence-electron chi connectivity index (χ0n) is 11.8. The summed E-state index contributed by atoms with van der Waals surface area (Å²) in [4.78, 5) is 27.1. The fourth-order valence-corrected chi connectivity index (χ4v) is 2.03. The minimum atomic E-state index is -0.516. The molecular weight excluding hydrogens is 258 g/mol. The molecule has 0 bridgehead atoms. The molecular formula is C15H17NO4. The van der Waals surface area contributed by atoms with Crippen LogP contribution in [0.15, 0.2) is 23.0 Å². The molecule has 2 rings (SSSR count). The standard InChI is InChI=1S/C15H17NO4/c1-4-19-10-6-7-12-11(8-10)14(17)9(3)13(16-12)15(18)20-5-2/h6-8H,4-5H2,1-3H3,(H,16,17). The van der Waals surface area contributed by atoms with E-state index < -0.39 is 5.97 Å². The fraction of sp³-hybridized carbons (Fsp3) is 0.333.